The number of fused-ring (bicyclic) bond motifs is 1. The van der Waals surface area contributed by atoms with Crippen molar-refractivity contribution in [2.75, 3.05) is 6.61 Å². The number of rotatable bonds is 10. The maximum Gasteiger partial charge on any atom is 0.335 e. The number of ether oxygens (including phenoxy) is 2. The Labute approximate surface area is 158 Å². The van der Waals surface area contributed by atoms with Gasteiger partial charge < -0.3 is 9.47 Å². The Morgan fingerprint density at radius 3 is 2.48 bits per heavy atom. The fourth-order valence-electron chi connectivity index (χ4n) is 2.63. The lowest BCUT2D eigenvalue weighted by molar-refractivity contribution is -0.764. The van der Waals surface area contributed by atoms with Crippen molar-refractivity contribution >= 4 is 16.7 Å². The molecule has 0 amide bonds. The molecule has 0 fully saturated rings. The summed E-state index contributed by atoms with van der Waals surface area (Å²) in [5.74, 6) is 0.353. The number of carbonyl (C=O) groups excluding carboxylic acids is 1. The molecule has 2 atom stereocenters. The summed E-state index contributed by atoms with van der Waals surface area (Å²) in [6, 6.07) is 13.6. The summed E-state index contributed by atoms with van der Waals surface area (Å²) in [7, 11) is 0. The van der Waals surface area contributed by atoms with Crippen molar-refractivity contribution < 1.29 is 24.2 Å². The van der Waals surface area contributed by atoms with Crippen molar-refractivity contribution in [3.05, 3.63) is 52.6 Å². The summed E-state index contributed by atoms with van der Waals surface area (Å²) < 4.78 is 11.3. The van der Waals surface area contributed by atoms with Gasteiger partial charge in [0.05, 0.1) is 0 Å². The van der Waals surface area contributed by atoms with E-state index in [1.807, 2.05) is 42.5 Å². The average Bonchev–Trinajstić information content (AvgIpc) is 2.63. The van der Waals surface area contributed by atoms with Crippen LogP contribution in [0.2, 0.25) is 0 Å². The average molecular weight is 375 g/mol. The molecular weight excluding hydrogens is 350 g/mol. The minimum Gasteiger partial charge on any atom is -0.489 e. The van der Waals surface area contributed by atoms with E-state index in [0.717, 1.165) is 17.2 Å². The lowest BCUT2D eigenvalue weighted by Gasteiger charge is -2.21. The maximum atomic E-state index is 12.1. The van der Waals surface area contributed by atoms with Crippen molar-refractivity contribution in [1.29, 1.82) is 0 Å². The molecule has 0 aliphatic heterocycles. The lowest BCUT2D eigenvalue weighted by Crippen LogP contribution is -2.32. The zero-order valence-electron chi connectivity index (χ0n) is 15.8. The SMILES string of the molecule is CC(C)CCC(COc1cccc2ccccc12)OC(=O)C(C)O[N+](=O)[O-]. The molecule has 0 aromatic heterocycles. The van der Waals surface area contributed by atoms with E-state index >= 15 is 0 Å². The molecule has 0 aliphatic carbocycles. The third kappa shape index (κ3) is 6.44. The molecule has 0 radical (unpaired) electrons. The number of hydrogen-bond donors (Lipinski definition) is 0. The van der Waals surface area contributed by atoms with Gasteiger partial charge in [-0.1, -0.05) is 50.2 Å². The molecule has 27 heavy (non-hydrogen) atoms. The van der Waals surface area contributed by atoms with Crippen LogP contribution in [0.1, 0.15) is 33.6 Å². The second-order valence-electron chi connectivity index (χ2n) is 6.79. The maximum absolute atomic E-state index is 12.1. The van der Waals surface area contributed by atoms with Crippen LogP contribution in [0.15, 0.2) is 42.5 Å². The minimum atomic E-state index is -1.28. The first kappa shape index (κ1) is 20.5. The Morgan fingerprint density at radius 2 is 1.78 bits per heavy atom. The topological polar surface area (TPSA) is 87.9 Å². The van der Waals surface area contributed by atoms with E-state index in [2.05, 4.69) is 18.7 Å². The molecule has 146 valence electrons. The Kier molecular flexibility index (Phi) is 7.40. The number of benzene rings is 2. The lowest BCUT2D eigenvalue weighted by atomic mass is 10.1. The summed E-state index contributed by atoms with van der Waals surface area (Å²) in [5.41, 5.74) is 0. The number of esters is 1. The fraction of sp³-hybridized carbons (Fsp3) is 0.450. The van der Waals surface area contributed by atoms with Gasteiger partial charge >= 0.3 is 5.97 Å². The van der Waals surface area contributed by atoms with Crippen molar-refractivity contribution in [2.45, 2.75) is 45.8 Å². The molecule has 2 unspecified atom stereocenters. The number of hydrogen-bond acceptors (Lipinski definition) is 6. The Morgan fingerprint density at radius 1 is 1.07 bits per heavy atom. The van der Waals surface area contributed by atoms with Crippen molar-refractivity contribution in [1.82, 2.24) is 0 Å². The molecule has 0 saturated heterocycles. The summed E-state index contributed by atoms with van der Waals surface area (Å²) in [4.78, 5) is 26.7. The molecule has 0 heterocycles. The predicted octanol–water partition coefficient (Wildman–Crippen LogP) is 4.16. The quantitative estimate of drug-likeness (QED) is 0.352. The third-order valence-electron chi connectivity index (χ3n) is 4.10. The number of carbonyl (C=O) groups is 1. The van der Waals surface area contributed by atoms with Gasteiger partial charge in [-0.05, 0) is 37.1 Å². The van der Waals surface area contributed by atoms with Gasteiger partial charge in [-0.2, -0.15) is 0 Å². The van der Waals surface area contributed by atoms with Gasteiger partial charge in [0.25, 0.3) is 5.09 Å². The van der Waals surface area contributed by atoms with E-state index in [1.165, 1.54) is 6.92 Å². The van der Waals surface area contributed by atoms with Crippen LogP contribution in [-0.2, 0) is 14.4 Å². The molecule has 0 N–H and O–H groups in total. The van der Waals surface area contributed by atoms with Crippen LogP contribution in [0.5, 0.6) is 5.75 Å². The van der Waals surface area contributed by atoms with Crippen LogP contribution in [-0.4, -0.2) is 29.9 Å². The molecule has 2 aromatic rings. The Bertz CT molecular complexity index is 771. The third-order valence-corrected chi connectivity index (χ3v) is 4.10. The summed E-state index contributed by atoms with van der Waals surface area (Å²) in [6.45, 7) is 5.60. The molecule has 0 aliphatic rings. The van der Waals surface area contributed by atoms with Gasteiger partial charge in [0.1, 0.15) is 18.5 Å². The zero-order valence-corrected chi connectivity index (χ0v) is 15.8. The van der Waals surface area contributed by atoms with Crippen LogP contribution >= 0.6 is 0 Å². The highest BCUT2D eigenvalue weighted by Gasteiger charge is 2.23. The molecule has 2 rings (SSSR count). The van der Waals surface area contributed by atoms with E-state index in [0.29, 0.717) is 18.1 Å². The first-order valence-corrected chi connectivity index (χ1v) is 8.99. The van der Waals surface area contributed by atoms with E-state index in [9.17, 15) is 14.9 Å². The van der Waals surface area contributed by atoms with Gasteiger partial charge in [0.2, 0.25) is 6.10 Å². The number of nitrogens with zero attached hydrogens (tertiary/aromatic N) is 1. The first-order chi connectivity index (χ1) is 12.9. The highest BCUT2D eigenvalue weighted by molar-refractivity contribution is 5.88. The van der Waals surface area contributed by atoms with Crippen molar-refractivity contribution in [3.8, 4) is 5.75 Å². The fourth-order valence-corrected chi connectivity index (χ4v) is 2.63. The summed E-state index contributed by atoms with van der Waals surface area (Å²) >= 11 is 0. The van der Waals surface area contributed by atoms with Crippen molar-refractivity contribution in [3.63, 3.8) is 0 Å². The molecular formula is C20H25NO6. The van der Waals surface area contributed by atoms with Gasteiger partial charge in [-0.3, -0.25) is 4.84 Å². The molecule has 0 bridgehead atoms. The molecule has 0 saturated carbocycles. The molecule has 7 nitrogen and oxygen atoms in total. The Balaban J connectivity index is 2.05. The summed E-state index contributed by atoms with van der Waals surface area (Å²) in [6.07, 6.45) is -0.364. The first-order valence-electron chi connectivity index (χ1n) is 8.99. The molecule has 7 heteroatoms. The second kappa shape index (κ2) is 9.75. The minimum absolute atomic E-state index is 0.164. The zero-order chi connectivity index (χ0) is 19.8. The Hall–Kier alpha value is -2.83. The van der Waals surface area contributed by atoms with E-state index in [1.54, 1.807) is 0 Å². The van der Waals surface area contributed by atoms with E-state index in [-0.39, 0.29) is 6.61 Å². The predicted molar refractivity (Wildman–Crippen MR) is 101 cm³/mol. The monoisotopic (exact) mass is 375 g/mol. The second-order valence-corrected chi connectivity index (χ2v) is 6.79. The van der Waals surface area contributed by atoms with Gasteiger partial charge in [0, 0.05) is 5.39 Å². The van der Waals surface area contributed by atoms with Gasteiger partial charge in [0.15, 0.2) is 0 Å². The standard InChI is InChI=1S/C20H25NO6/c1-14(2)11-12-17(26-20(22)15(3)27-21(23)24)13-25-19-10-6-8-16-7-4-5-9-18(16)19/h4-10,14-15,17H,11-13H2,1-3H3. The highest BCUT2D eigenvalue weighted by atomic mass is 17.0. The van der Waals surface area contributed by atoms with Crippen LogP contribution in [0.3, 0.4) is 0 Å². The van der Waals surface area contributed by atoms with Crippen LogP contribution in [0.4, 0.5) is 0 Å². The molecule has 2 aromatic carbocycles. The van der Waals surface area contributed by atoms with Crippen LogP contribution in [0.25, 0.3) is 10.8 Å². The van der Waals surface area contributed by atoms with Crippen LogP contribution < -0.4 is 4.74 Å². The smallest absolute Gasteiger partial charge is 0.335 e. The molecule has 0 spiro atoms. The van der Waals surface area contributed by atoms with Crippen molar-refractivity contribution in [2.24, 2.45) is 5.92 Å². The van der Waals surface area contributed by atoms with Gasteiger partial charge in [-0.25, -0.2) is 4.79 Å². The van der Waals surface area contributed by atoms with E-state index in [4.69, 9.17) is 9.47 Å². The summed E-state index contributed by atoms with van der Waals surface area (Å²) in [5, 5.41) is 11.4. The van der Waals surface area contributed by atoms with E-state index < -0.39 is 23.3 Å². The normalized spacial score (nSPS) is 13.2. The van der Waals surface area contributed by atoms with Crippen LogP contribution in [0, 0.1) is 16.0 Å². The highest BCUT2D eigenvalue weighted by Crippen LogP contribution is 2.25. The largest absolute Gasteiger partial charge is 0.489 e. The van der Waals surface area contributed by atoms with Gasteiger partial charge in [-0.15, -0.1) is 10.1 Å².